The van der Waals surface area contributed by atoms with Crippen LogP contribution in [0.2, 0.25) is 0 Å². The lowest BCUT2D eigenvalue weighted by atomic mass is 10.1. The van der Waals surface area contributed by atoms with Crippen molar-refractivity contribution in [2.45, 2.75) is 31.2 Å². The highest BCUT2D eigenvalue weighted by molar-refractivity contribution is 7.92. The second-order valence-corrected chi connectivity index (χ2v) is 9.85. The number of anilines is 2. The fourth-order valence-electron chi connectivity index (χ4n) is 2.96. The van der Waals surface area contributed by atoms with Gasteiger partial charge in [0.05, 0.1) is 27.4 Å². The van der Waals surface area contributed by atoms with Gasteiger partial charge in [-0.3, -0.25) is 14.3 Å². The van der Waals surface area contributed by atoms with E-state index in [0.29, 0.717) is 11.3 Å². The molecule has 3 aromatic carbocycles. The van der Waals surface area contributed by atoms with E-state index in [-0.39, 0.29) is 22.1 Å². The Labute approximate surface area is 187 Å². The van der Waals surface area contributed by atoms with Crippen molar-refractivity contribution in [2.24, 2.45) is 0 Å². The molecule has 0 saturated carbocycles. The van der Waals surface area contributed by atoms with E-state index in [1.54, 1.807) is 54.6 Å². The molecular formula is C24H25N3O4S. The van der Waals surface area contributed by atoms with Crippen molar-refractivity contribution < 1.29 is 18.0 Å². The molecule has 0 unspecified atom stereocenters. The summed E-state index contributed by atoms with van der Waals surface area (Å²) >= 11 is 0. The average Bonchev–Trinajstić information content (AvgIpc) is 2.73. The third-order valence-corrected chi connectivity index (χ3v) is 5.76. The maximum absolute atomic E-state index is 13.0. The summed E-state index contributed by atoms with van der Waals surface area (Å²) in [5.41, 5.74) is 0.429. The van der Waals surface area contributed by atoms with E-state index in [9.17, 15) is 18.0 Å². The van der Waals surface area contributed by atoms with Gasteiger partial charge in [-0.2, -0.15) is 0 Å². The van der Waals surface area contributed by atoms with Crippen molar-refractivity contribution in [1.82, 2.24) is 5.32 Å². The second kappa shape index (κ2) is 9.23. The van der Waals surface area contributed by atoms with Gasteiger partial charge in [-0.05, 0) is 57.2 Å². The number of nitrogens with one attached hydrogen (secondary N) is 3. The van der Waals surface area contributed by atoms with E-state index in [1.807, 2.05) is 20.8 Å². The topological polar surface area (TPSA) is 104 Å². The quantitative estimate of drug-likeness (QED) is 0.521. The van der Waals surface area contributed by atoms with Crippen LogP contribution in [0.25, 0.3) is 0 Å². The van der Waals surface area contributed by atoms with E-state index in [4.69, 9.17) is 0 Å². The molecule has 0 fully saturated rings. The summed E-state index contributed by atoms with van der Waals surface area (Å²) in [6.07, 6.45) is 0. The number of sulfonamides is 1. The van der Waals surface area contributed by atoms with Crippen LogP contribution in [-0.4, -0.2) is 25.8 Å². The number of benzene rings is 3. The molecule has 8 heteroatoms. The Balaban J connectivity index is 1.88. The van der Waals surface area contributed by atoms with Gasteiger partial charge < -0.3 is 10.6 Å². The van der Waals surface area contributed by atoms with Gasteiger partial charge in [0, 0.05) is 5.54 Å². The zero-order valence-electron chi connectivity index (χ0n) is 18.0. The minimum Gasteiger partial charge on any atom is -0.347 e. The molecule has 0 bridgehead atoms. The summed E-state index contributed by atoms with van der Waals surface area (Å²) in [7, 11) is -3.88. The molecule has 0 aliphatic rings. The van der Waals surface area contributed by atoms with Crippen LogP contribution in [-0.2, 0) is 10.0 Å². The van der Waals surface area contributed by atoms with Gasteiger partial charge in [0.25, 0.3) is 21.8 Å². The molecule has 0 heterocycles. The predicted octanol–water partition coefficient (Wildman–Crippen LogP) is 4.27. The zero-order valence-corrected chi connectivity index (χ0v) is 18.9. The third kappa shape index (κ3) is 5.73. The average molecular weight is 452 g/mol. The van der Waals surface area contributed by atoms with Gasteiger partial charge in [-0.15, -0.1) is 0 Å². The first kappa shape index (κ1) is 23.0. The first-order valence-corrected chi connectivity index (χ1v) is 11.4. The Kier molecular flexibility index (Phi) is 6.64. The van der Waals surface area contributed by atoms with E-state index >= 15 is 0 Å². The van der Waals surface area contributed by atoms with Gasteiger partial charge in [-0.25, -0.2) is 8.42 Å². The summed E-state index contributed by atoms with van der Waals surface area (Å²) in [6.45, 7) is 5.59. The van der Waals surface area contributed by atoms with Crippen molar-refractivity contribution in [3.05, 3.63) is 90.0 Å². The van der Waals surface area contributed by atoms with Crippen molar-refractivity contribution in [1.29, 1.82) is 0 Å². The number of carbonyl (C=O) groups excluding carboxylic acids is 2. The minimum atomic E-state index is -3.88. The monoisotopic (exact) mass is 451 g/mol. The first-order valence-electron chi connectivity index (χ1n) is 9.97. The minimum absolute atomic E-state index is 0.0828. The number of amides is 2. The van der Waals surface area contributed by atoms with Crippen molar-refractivity contribution in [2.75, 3.05) is 10.0 Å². The van der Waals surface area contributed by atoms with Crippen LogP contribution in [0, 0.1) is 0 Å². The molecule has 3 rings (SSSR count). The van der Waals surface area contributed by atoms with Crippen molar-refractivity contribution in [3.63, 3.8) is 0 Å². The number of hydrogen-bond acceptors (Lipinski definition) is 4. The number of carbonyl (C=O) groups is 2. The van der Waals surface area contributed by atoms with Crippen molar-refractivity contribution in [3.8, 4) is 0 Å². The second-order valence-electron chi connectivity index (χ2n) is 8.17. The molecule has 3 aromatic rings. The van der Waals surface area contributed by atoms with Crippen LogP contribution in [0.4, 0.5) is 11.4 Å². The van der Waals surface area contributed by atoms with E-state index in [2.05, 4.69) is 15.4 Å². The largest absolute Gasteiger partial charge is 0.347 e. The van der Waals surface area contributed by atoms with Gasteiger partial charge in [0.15, 0.2) is 0 Å². The molecule has 0 saturated heterocycles. The molecule has 0 spiro atoms. The molecular weight excluding hydrogens is 426 g/mol. The predicted molar refractivity (Wildman–Crippen MR) is 125 cm³/mol. The normalized spacial score (nSPS) is 11.5. The molecule has 3 N–H and O–H groups in total. The Morgan fingerprint density at radius 2 is 1.19 bits per heavy atom. The highest BCUT2D eigenvalue weighted by atomic mass is 32.2. The Hall–Kier alpha value is -3.65. The standard InChI is InChI=1S/C24H25N3O4S/c1-24(2,3)26-23(29)18-13-7-9-15-20(18)25-22(28)19-14-8-10-16-21(19)27-32(30,31)17-11-5-4-6-12-17/h4-16,27H,1-3H3,(H,25,28)(H,26,29). The molecule has 7 nitrogen and oxygen atoms in total. The van der Waals surface area contributed by atoms with Crippen LogP contribution in [0.3, 0.4) is 0 Å². The van der Waals surface area contributed by atoms with Crippen LogP contribution in [0.5, 0.6) is 0 Å². The molecule has 0 aliphatic heterocycles. The molecule has 0 aliphatic carbocycles. The van der Waals surface area contributed by atoms with Crippen LogP contribution >= 0.6 is 0 Å². The summed E-state index contributed by atoms with van der Waals surface area (Å²) in [4.78, 5) is 25.8. The molecule has 0 radical (unpaired) electrons. The fourth-order valence-corrected chi connectivity index (χ4v) is 4.06. The Morgan fingerprint density at radius 3 is 1.78 bits per heavy atom. The van der Waals surface area contributed by atoms with Gasteiger partial charge >= 0.3 is 0 Å². The maximum Gasteiger partial charge on any atom is 0.261 e. The molecule has 0 atom stereocenters. The third-order valence-electron chi connectivity index (χ3n) is 4.38. The SMILES string of the molecule is CC(C)(C)NC(=O)c1ccccc1NC(=O)c1ccccc1NS(=O)(=O)c1ccccc1. The number of para-hydroxylation sites is 2. The van der Waals surface area contributed by atoms with Gasteiger partial charge in [-0.1, -0.05) is 42.5 Å². The highest BCUT2D eigenvalue weighted by Crippen LogP contribution is 2.23. The summed E-state index contributed by atoms with van der Waals surface area (Å²) in [6, 6.07) is 20.8. The Morgan fingerprint density at radius 1 is 0.688 bits per heavy atom. The highest BCUT2D eigenvalue weighted by Gasteiger charge is 2.21. The zero-order chi connectivity index (χ0) is 23.4. The van der Waals surface area contributed by atoms with Gasteiger partial charge in [0.2, 0.25) is 0 Å². The lowest BCUT2D eigenvalue weighted by Gasteiger charge is -2.21. The molecule has 0 aromatic heterocycles. The van der Waals surface area contributed by atoms with E-state index < -0.39 is 21.5 Å². The fraction of sp³-hybridized carbons (Fsp3) is 0.167. The summed E-state index contributed by atoms with van der Waals surface area (Å²) in [5.74, 6) is -0.876. The van der Waals surface area contributed by atoms with Crippen LogP contribution in [0.1, 0.15) is 41.5 Å². The lowest BCUT2D eigenvalue weighted by Crippen LogP contribution is -2.40. The van der Waals surface area contributed by atoms with E-state index in [0.717, 1.165) is 0 Å². The first-order chi connectivity index (χ1) is 15.1. The maximum atomic E-state index is 13.0. The van der Waals surface area contributed by atoms with Crippen molar-refractivity contribution >= 4 is 33.2 Å². The molecule has 2 amide bonds. The smallest absolute Gasteiger partial charge is 0.261 e. The number of hydrogen-bond donors (Lipinski definition) is 3. The van der Waals surface area contributed by atoms with E-state index in [1.165, 1.54) is 24.3 Å². The summed E-state index contributed by atoms with van der Waals surface area (Å²) in [5, 5.41) is 5.59. The van der Waals surface area contributed by atoms with Gasteiger partial charge in [0.1, 0.15) is 0 Å². The van der Waals surface area contributed by atoms with Crippen LogP contribution in [0.15, 0.2) is 83.8 Å². The Bertz CT molecular complexity index is 1230. The molecule has 32 heavy (non-hydrogen) atoms. The lowest BCUT2D eigenvalue weighted by molar-refractivity contribution is 0.0920. The van der Waals surface area contributed by atoms with Crippen LogP contribution < -0.4 is 15.4 Å². The molecule has 166 valence electrons. The number of rotatable bonds is 6. The summed E-state index contributed by atoms with van der Waals surface area (Å²) < 4.78 is 27.9.